The Hall–Kier alpha value is -0.850. The molecule has 0 atom stereocenters. The maximum Gasteiger partial charge on any atom is 0.171 e. The molecule has 1 aromatic heterocycles. The van der Waals surface area contributed by atoms with Crippen LogP contribution in [0.15, 0.2) is 24.5 Å². The van der Waals surface area contributed by atoms with Gasteiger partial charge in [0.1, 0.15) is 6.54 Å². The van der Waals surface area contributed by atoms with E-state index >= 15 is 0 Å². The van der Waals surface area contributed by atoms with Crippen LogP contribution in [0.4, 0.5) is 0 Å². The van der Waals surface area contributed by atoms with Gasteiger partial charge in [0.2, 0.25) is 0 Å². The lowest BCUT2D eigenvalue weighted by molar-refractivity contribution is -0.697. The predicted molar refractivity (Wildman–Crippen MR) is 92.5 cm³/mol. The molecule has 0 aliphatic carbocycles. The molecule has 1 aromatic rings. The Balaban J connectivity index is 2.10. The van der Waals surface area contributed by atoms with Gasteiger partial charge in [-0.05, 0) is 25.3 Å². The van der Waals surface area contributed by atoms with Crippen molar-refractivity contribution in [2.75, 3.05) is 0 Å². The SMILES string of the molecule is CCCCCCCCCCc1ccc[n+](CCCCC)c1. The van der Waals surface area contributed by atoms with Crippen LogP contribution in [0, 0.1) is 0 Å². The molecule has 0 aliphatic heterocycles. The summed E-state index contributed by atoms with van der Waals surface area (Å²) in [5, 5.41) is 0. The minimum Gasteiger partial charge on any atom is -0.205 e. The summed E-state index contributed by atoms with van der Waals surface area (Å²) in [5.41, 5.74) is 1.51. The number of aryl methyl sites for hydroxylation is 2. The van der Waals surface area contributed by atoms with E-state index in [0.717, 1.165) is 0 Å². The topological polar surface area (TPSA) is 3.88 Å². The van der Waals surface area contributed by atoms with Gasteiger partial charge in [-0.1, -0.05) is 65.2 Å². The molecule has 120 valence electrons. The maximum atomic E-state index is 2.37. The Morgan fingerprint density at radius 1 is 0.762 bits per heavy atom. The van der Waals surface area contributed by atoms with E-state index in [4.69, 9.17) is 0 Å². The van der Waals surface area contributed by atoms with Crippen molar-refractivity contribution in [1.29, 1.82) is 0 Å². The van der Waals surface area contributed by atoms with Gasteiger partial charge in [-0.25, -0.2) is 4.57 Å². The average Bonchev–Trinajstić information content (AvgIpc) is 2.51. The summed E-state index contributed by atoms with van der Waals surface area (Å²) in [7, 11) is 0. The number of hydrogen-bond donors (Lipinski definition) is 0. The minimum absolute atomic E-state index is 1.18. The molecule has 21 heavy (non-hydrogen) atoms. The van der Waals surface area contributed by atoms with Crippen LogP contribution in [0.25, 0.3) is 0 Å². The van der Waals surface area contributed by atoms with Gasteiger partial charge in [0, 0.05) is 18.1 Å². The Morgan fingerprint density at radius 2 is 1.38 bits per heavy atom. The number of nitrogens with zero attached hydrogens (tertiary/aromatic N) is 1. The van der Waals surface area contributed by atoms with Crippen LogP contribution in [0.1, 0.15) is 90.0 Å². The molecule has 0 spiro atoms. The molecule has 1 heteroatoms. The van der Waals surface area contributed by atoms with Gasteiger partial charge in [0.15, 0.2) is 12.4 Å². The lowest BCUT2D eigenvalue weighted by atomic mass is 10.1. The smallest absolute Gasteiger partial charge is 0.171 e. The predicted octanol–water partition coefficient (Wildman–Crippen LogP) is 5.85. The van der Waals surface area contributed by atoms with Gasteiger partial charge < -0.3 is 0 Å². The summed E-state index contributed by atoms with van der Waals surface area (Å²) in [4.78, 5) is 0. The molecule has 0 radical (unpaired) electrons. The first-order valence-electron chi connectivity index (χ1n) is 9.34. The zero-order chi connectivity index (χ0) is 15.2. The summed E-state index contributed by atoms with van der Waals surface area (Å²) in [5.74, 6) is 0. The fourth-order valence-corrected chi connectivity index (χ4v) is 2.87. The van der Waals surface area contributed by atoms with Crippen molar-refractivity contribution in [2.24, 2.45) is 0 Å². The van der Waals surface area contributed by atoms with E-state index in [-0.39, 0.29) is 0 Å². The number of hydrogen-bond acceptors (Lipinski definition) is 0. The highest BCUT2D eigenvalue weighted by molar-refractivity contribution is 5.05. The summed E-state index contributed by atoms with van der Waals surface area (Å²) in [6, 6.07) is 4.50. The highest BCUT2D eigenvalue weighted by Gasteiger charge is 2.02. The molecular weight excluding hydrogens is 254 g/mol. The molecule has 1 heterocycles. The molecule has 0 fully saturated rings. The third-order valence-electron chi connectivity index (χ3n) is 4.26. The second kappa shape index (κ2) is 12.9. The third-order valence-corrected chi connectivity index (χ3v) is 4.26. The first kappa shape index (κ1) is 18.2. The molecule has 0 N–H and O–H groups in total. The maximum absolute atomic E-state index is 2.37. The van der Waals surface area contributed by atoms with Gasteiger partial charge in [-0.3, -0.25) is 0 Å². The Labute approximate surface area is 132 Å². The van der Waals surface area contributed by atoms with E-state index in [9.17, 15) is 0 Å². The lowest BCUT2D eigenvalue weighted by Gasteiger charge is -2.03. The molecule has 0 unspecified atom stereocenters. The van der Waals surface area contributed by atoms with Crippen LogP contribution in [-0.4, -0.2) is 0 Å². The average molecular weight is 291 g/mol. The summed E-state index contributed by atoms with van der Waals surface area (Å²) in [6.45, 7) is 5.73. The number of unbranched alkanes of at least 4 members (excludes halogenated alkanes) is 9. The number of pyridine rings is 1. The fourth-order valence-electron chi connectivity index (χ4n) is 2.87. The van der Waals surface area contributed by atoms with Gasteiger partial charge in [0.05, 0.1) is 0 Å². The van der Waals surface area contributed by atoms with E-state index < -0.39 is 0 Å². The first-order valence-corrected chi connectivity index (χ1v) is 9.34. The van der Waals surface area contributed by atoms with Crippen LogP contribution >= 0.6 is 0 Å². The summed E-state index contributed by atoms with van der Waals surface area (Å²) >= 11 is 0. The third kappa shape index (κ3) is 9.66. The van der Waals surface area contributed by atoms with Crippen molar-refractivity contribution >= 4 is 0 Å². The number of aromatic nitrogens is 1. The molecule has 0 amide bonds. The lowest BCUT2D eigenvalue weighted by Crippen LogP contribution is -2.33. The molecule has 0 saturated heterocycles. The van der Waals surface area contributed by atoms with Crippen molar-refractivity contribution in [1.82, 2.24) is 0 Å². The van der Waals surface area contributed by atoms with Gasteiger partial charge in [0.25, 0.3) is 0 Å². The highest BCUT2D eigenvalue weighted by Crippen LogP contribution is 2.10. The van der Waals surface area contributed by atoms with Gasteiger partial charge in [-0.15, -0.1) is 0 Å². The highest BCUT2D eigenvalue weighted by atomic mass is 14.9. The van der Waals surface area contributed by atoms with E-state index in [1.165, 1.54) is 89.2 Å². The molecule has 0 bridgehead atoms. The van der Waals surface area contributed by atoms with E-state index in [2.05, 4.69) is 42.9 Å². The van der Waals surface area contributed by atoms with Crippen LogP contribution in [0.2, 0.25) is 0 Å². The molecule has 0 aromatic carbocycles. The zero-order valence-electron chi connectivity index (χ0n) is 14.4. The molecule has 1 rings (SSSR count). The van der Waals surface area contributed by atoms with Crippen molar-refractivity contribution in [2.45, 2.75) is 97.4 Å². The van der Waals surface area contributed by atoms with Gasteiger partial charge in [-0.2, -0.15) is 0 Å². The van der Waals surface area contributed by atoms with E-state index in [1.807, 2.05) is 0 Å². The summed E-state index contributed by atoms with van der Waals surface area (Å²) < 4.78 is 2.37. The Morgan fingerprint density at radius 3 is 2.10 bits per heavy atom. The van der Waals surface area contributed by atoms with Crippen molar-refractivity contribution in [3.05, 3.63) is 30.1 Å². The van der Waals surface area contributed by atoms with Crippen molar-refractivity contribution in [3.63, 3.8) is 0 Å². The van der Waals surface area contributed by atoms with Crippen LogP contribution in [0.5, 0.6) is 0 Å². The second-order valence-electron chi connectivity index (χ2n) is 6.38. The molecule has 0 aliphatic rings. The molecular formula is C20H36N+. The number of rotatable bonds is 13. The van der Waals surface area contributed by atoms with E-state index in [1.54, 1.807) is 0 Å². The minimum atomic E-state index is 1.18. The van der Waals surface area contributed by atoms with Crippen LogP contribution in [-0.2, 0) is 13.0 Å². The van der Waals surface area contributed by atoms with Crippen molar-refractivity contribution in [3.8, 4) is 0 Å². The Kier molecular flexibility index (Phi) is 11.1. The standard InChI is InChI=1S/C20H36N/c1-3-5-7-8-9-10-11-12-15-20-16-14-18-21(19-20)17-13-6-4-2/h14,16,18-19H,3-13,15,17H2,1-2H3/q+1. The molecule has 1 nitrogen and oxygen atoms in total. The fraction of sp³-hybridized carbons (Fsp3) is 0.750. The summed E-state index contributed by atoms with van der Waals surface area (Å²) in [6.07, 6.45) is 21.0. The van der Waals surface area contributed by atoms with Crippen molar-refractivity contribution < 1.29 is 4.57 Å². The van der Waals surface area contributed by atoms with Crippen LogP contribution < -0.4 is 4.57 Å². The molecule has 0 saturated carbocycles. The second-order valence-corrected chi connectivity index (χ2v) is 6.38. The largest absolute Gasteiger partial charge is 0.205 e. The quantitative estimate of drug-likeness (QED) is 0.317. The van der Waals surface area contributed by atoms with Crippen LogP contribution in [0.3, 0.4) is 0 Å². The normalized spacial score (nSPS) is 11.0. The first-order chi connectivity index (χ1) is 10.4. The zero-order valence-corrected chi connectivity index (χ0v) is 14.4. The van der Waals surface area contributed by atoms with E-state index in [0.29, 0.717) is 0 Å². The Bertz CT molecular complexity index is 345. The monoisotopic (exact) mass is 290 g/mol. The van der Waals surface area contributed by atoms with Gasteiger partial charge >= 0.3 is 0 Å².